The van der Waals surface area contributed by atoms with Crippen LogP contribution in [0.15, 0.2) is 42.5 Å². The van der Waals surface area contributed by atoms with E-state index in [2.05, 4.69) is 41.8 Å². The van der Waals surface area contributed by atoms with Gasteiger partial charge in [-0.15, -0.1) is 0 Å². The maximum Gasteiger partial charge on any atom is 0.319 e. The highest BCUT2D eigenvalue weighted by molar-refractivity contribution is 7.98. The molecule has 1 aliphatic heterocycles. The Hall–Kier alpha value is -2.34. The van der Waals surface area contributed by atoms with Gasteiger partial charge >= 0.3 is 6.03 Å². The number of amides is 2. The number of urea groups is 1. The number of carbonyl (C=O) groups excluding carboxylic acids is 1. The maximum absolute atomic E-state index is 11.9. The first-order valence-electron chi connectivity index (χ1n) is 7.78. The first-order chi connectivity index (χ1) is 11.7. The highest BCUT2D eigenvalue weighted by Crippen LogP contribution is 2.34. The van der Waals surface area contributed by atoms with Crippen LogP contribution in [0.25, 0.3) is 0 Å². The van der Waals surface area contributed by atoms with E-state index in [0.717, 1.165) is 11.5 Å². The second-order valence-electron chi connectivity index (χ2n) is 5.49. The molecule has 0 radical (unpaired) electrons. The molecule has 0 unspecified atom stereocenters. The molecule has 0 saturated heterocycles. The first kappa shape index (κ1) is 16.5. The van der Waals surface area contributed by atoms with Crippen LogP contribution in [-0.2, 0) is 5.75 Å². The van der Waals surface area contributed by atoms with E-state index in [0.29, 0.717) is 23.7 Å². The van der Waals surface area contributed by atoms with Crippen LogP contribution < -0.4 is 20.1 Å². The standard InChI is InChI=1S/C18H20N2O3S/c1-13-2-4-14(5-3-13)11-24-9-8-19-18(21)20-15-6-7-16-17(10-15)23-12-22-16/h2-7,10H,8-9,11-12H2,1H3,(H2,19,20,21). The van der Waals surface area contributed by atoms with Gasteiger partial charge in [0.2, 0.25) is 6.79 Å². The average molecular weight is 344 g/mol. The smallest absolute Gasteiger partial charge is 0.319 e. The number of hydrogen-bond donors (Lipinski definition) is 2. The largest absolute Gasteiger partial charge is 0.454 e. The Bertz CT molecular complexity index is 704. The molecule has 2 aromatic carbocycles. The van der Waals surface area contributed by atoms with Crippen LogP contribution in [0.4, 0.5) is 10.5 Å². The molecule has 2 N–H and O–H groups in total. The van der Waals surface area contributed by atoms with Crippen molar-refractivity contribution in [3.63, 3.8) is 0 Å². The van der Waals surface area contributed by atoms with E-state index in [4.69, 9.17) is 9.47 Å². The van der Waals surface area contributed by atoms with Crippen molar-refractivity contribution in [3.05, 3.63) is 53.6 Å². The summed E-state index contributed by atoms with van der Waals surface area (Å²) in [7, 11) is 0. The third-order valence-corrected chi connectivity index (χ3v) is 4.58. The molecular weight excluding hydrogens is 324 g/mol. The van der Waals surface area contributed by atoms with Crippen LogP contribution in [0.3, 0.4) is 0 Å². The van der Waals surface area contributed by atoms with Crippen LogP contribution >= 0.6 is 11.8 Å². The minimum atomic E-state index is -0.218. The average Bonchev–Trinajstić information content (AvgIpc) is 3.04. The highest BCUT2D eigenvalue weighted by atomic mass is 32.2. The molecular formula is C18H20N2O3S. The van der Waals surface area contributed by atoms with Gasteiger partial charge in [0.05, 0.1) is 0 Å². The quantitative estimate of drug-likeness (QED) is 0.783. The molecule has 2 aromatic rings. The fraction of sp³-hybridized carbons (Fsp3) is 0.278. The van der Waals surface area contributed by atoms with Crippen molar-refractivity contribution < 1.29 is 14.3 Å². The summed E-state index contributed by atoms with van der Waals surface area (Å²) in [6.07, 6.45) is 0. The number of anilines is 1. The van der Waals surface area contributed by atoms with Crippen molar-refractivity contribution in [2.45, 2.75) is 12.7 Å². The van der Waals surface area contributed by atoms with Crippen molar-refractivity contribution in [3.8, 4) is 11.5 Å². The number of aryl methyl sites for hydroxylation is 1. The van der Waals surface area contributed by atoms with Crippen LogP contribution in [0.1, 0.15) is 11.1 Å². The lowest BCUT2D eigenvalue weighted by molar-refractivity contribution is 0.174. The van der Waals surface area contributed by atoms with E-state index in [1.807, 2.05) is 0 Å². The van der Waals surface area contributed by atoms with Gasteiger partial charge in [-0.3, -0.25) is 0 Å². The fourth-order valence-corrected chi connectivity index (χ4v) is 3.08. The Morgan fingerprint density at radius 2 is 1.92 bits per heavy atom. The van der Waals surface area contributed by atoms with E-state index in [1.54, 1.807) is 30.0 Å². The second-order valence-corrected chi connectivity index (χ2v) is 6.59. The predicted molar refractivity (Wildman–Crippen MR) is 96.9 cm³/mol. The molecule has 0 aliphatic carbocycles. The maximum atomic E-state index is 11.9. The summed E-state index contributed by atoms with van der Waals surface area (Å²) in [5.41, 5.74) is 3.25. The molecule has 1 heterocycles. The minimum absolute atomic E-state index is 0.218. The first-order valence-corrected chi connectivity index (χ1v) is 8.94. The lowest BCUT2D eigenvalue weighted by atomic mass is 10.2. The highest BCUT2D eigenvalue weighted by Gasteiger charge is 2.13. The number of ether oxygens (including phenoxy) is 2. The summed E-state index contributed by atoms with van der Waals surface area (Å²) >= 11 is 1.80. The molecule has 1 aliphatic rings. The molecule has 3 rings (SSSR count). The second kappa shape index (κ2) is 7.97. The van der Waals surface area contributed by atoms with Gasteiger partial charge in [0.1, 0.15) is 0 Å². The SMILES string of the molecule is Cc1ccc(CSCCNC(=O)Nc2ccc3c(c2)OCO3)cc1. The Morgan fingerprint density at radius 1 is 1.12 bits per heavy atom. The molecule has 126 valence electrons. The number of thioether (sulfide) groups is 1. The molecule has 0 saturated carbocycles. The number of benzene rings is 2. The number of fused-ring (bicyclic) bond motifs is 1. The summed E-state index contributed by atoms with van der Waals surface area (Å²) < 4.78 is 10.5. The predicted octanol–water partition coefficient (Wildman–Crippen LogP) is 3.78. The van der Waals surface area contributed by atoms with Crippen LogP contribution in [0, 0.1) is 6.92 Å². The molecule has 5 nitrogen and oxygen atoms in total. The molecule has 2 amide bonds. The van der Waals surface area contributed by atoms with Crippen LogP contribution in [0.2, 0.25) is 0 Å². The van der Waals surface area contributed by atoms with E-state index < -0.39 is 0 Å². The molecule has 0 atom stereocenters. The number of carbonyl (C=O) groups is 1. The van der Waals surface area contributed by atoms with Crippen molar-refractivity contribution >= 4 is 23.5 Å². The Labute approximate surface area is 145 Å². The molecule has 0 spiro atoms. The molecule has 0 bridgehead atoms. The van der Waals surface area contributed by atoms with Gasteiger partial charge in [-0.25, -0.2) is 4.79 Å². The molecule has 24 heavy (non-hydrogen) atoms. The number of rotatable bonds is 6. The van der Waals surface area contributed by atoms with Crippen molar-refractivity contribution in [2.24, 2.45) is 0 Å². The minimum Gasteiger partial charge on any atom is -0.454 e. The summed E-state index contributed by atoms with van der Waals surface area (Å²) in [4.78, 5) is 11.9. The van der Waals surface area contributed by atoms with Gasteiger partial charge in [0.15, 0.2) is 11.5 Å². The van der Waals surface area contributed by atoms with Crippen molar-refractivity contribution in [1.82, 2.24) is 5.32 Å². The van der Waals surface area contributed by atoms with Gasteiger partial charge in [-0.2, -0.15) is 11.8 Å². The van der Waals surface area contributed by atoms with E-state index in [-0.39, 0.29) is 12.8 Å². The van der Waals surface area contributed by atoms with Gasteiger partial charge in [-0.05, 0) is 24.6 Å². The number of hydrogen-bond acceptors (Lipinski definition) is 4. The lowest BCUT2D eigenvalue weighted by Gasteiger charge is -2.08. The molecule has 0 fully saturated rings. The Balaban J connectivity index is 1.34. The van der Waals surface area contributed by atoms with Crippen molar-refractivity contribution in [2.75, 3.05) is 24.4 Å². The zero-order chi connectivity index (χ0) is 16.8. The normalized spacial score (nSPS) is 12.0. The summed E-state index contributed by atoms with van der Waals surface area (Å²) in [5, 5.41) is 5.64. The Kier molecular flexibility index (Phi) is 5.48. The lowest BCUT2D eigenvalue weighted by Crippen LogP contribution is -2.30. The van der Waals surface area contributed by atoms with Gasteiger partial charge in [0, 0.05) is 29.8 Å². The third kappa shape index (κ3) is 4.58. The molecule has 0 aromatic heterocycles. The summed E-state index contributed by atoms with van der Waals surface area (Å²) in [5.74, 6) is 3.17. The van der Waals surface area contributed by atoms with Gasteiger partial charge < -0.3 is 20.1 Å². The number of nitrogens with one attached hydrogen (secondary N) is 2. The van der Waals surface area contributed by atoms with E-state index >= 15 is 0 Å². The van der Waals surface area contributed by atoms with Crippen LogP contribution in [-0.4, -0.2) is 25.1 Å². The monoisotopic (exact) mass is 344 g/mol. The third-order valence-electron chi connectivity index (χ3n) is 3.55. The topological polar surface area (TPSA) is 59.6 Å². The van der Waals surface area contributed by atoms with Gasteiger partial charge in [-0.1, -0.05) is 29.8 Å². The van der Waals surface area contributed by atoms with Crippen LogP contribution in [0.5, 0.6) is 11.5 Å². The zero-order valence-corrected chi connectivity index (χ0v) is 14.3. The van der Waals surface area contributed by atoms with Crippen molar-refractivity contribution in [1.29, 1.82) is 0 Å². The summed E-state index contributed by atoms with van der Waals surface area (Å²) in [6, 6.07) is 13.6. The summed E-state index contributed by atoms with van der Waals surface area (Å²) in [6.45, 7) is 2.93. The Morgan fingerprint density at radius 3 is 2.75 bits per heavy atom. The van der Waals surface area contributed by atoms with E-state index in [9.17, 15) is 4.79 Å². The zero-order valence-electron chi connectivity index (χ0n) is 13.5. The fourth-order valence-electron chi connectivity index (χ4n) is 2.26. The van der Waals surface area contributed by atoms with E-state index in [1.165, 1.54) is 11.1 Å². The molecule has 6 heteroatoms. The van der Waals surface area contributed by atoms with Gasteiger partial charge in [0.25, 0.3) is 0 Å².